The van der Waals surface area contributed by atoms with E-state index in [0.717, 1.165) is 5.56 Å². The summed E-state index contributed by atoms with van der Waals surface area (Å²) < 4.78 is 0. The number of amides is 1. The molecule has 84 valence electrons. The number of carbonyl (C=O) groups is 2. The Bertz CT molecular complexity index is 430. The van der Waals surface area contributed by atoms with E-state index in [1.54, 1.807) is 18.3 Å². The maximum atomic E-state index is 10.9. The van der Waals surface area contributed by atoms with Gasteiger partial charge in [-0.2, -0.15) is 0 Å². The summed E-state index contributed by atoms with van der Waals surface area (Å²) in [5, 5.41) is 0.0775. The Labute approximate surface area is 97.9 Å². The summed E-state index contributed by atoms with van der Waals surface area (Å²) in [6.07, 6.45) is 6.69. The third kappa shape index (κ3) is 4.27. The van der Waals surface area contributed by atoms with Crippen molar-refractivity contribution in [3.8, 4) is 0 Å². The lowest BCUT2D eigenvalue weighted by Crippen LogP contribution is -2.11. The van der Waals surface area contributed by atoms with Crippen LogP contribution in [-0.2, 0) is 4.79 Å². The van der Waals surface area contributed by atoms with Crippen molar-refractivity contribution >= 4 is 28.9 Å². The standard InChI is InChI=1S/C11H12N2O2S/c1-8(14)16-4-2-3-9-5-10(11(12)15)7-13-6-9/h2-3,5-7H,4H2,1H3,(H2,12,15). The molecule has 0 aromatic carbocycles. The van der Waals surface area contributed by atoms with Crippen molar-refractivity contribution in [2.75, 3.05) is 5.75 Å². The molecule has 16 heavy (non-hydrogen) atoms. The van der Waals surface area contributed by atoms with Gasteiger partial charge in [0.1, 0.15) is 0 Å². The van der Waals surface area contributed by atoms with Gasteiger partial charge in [0, 0.05) is 25.1 Å². The van der Waals surface area contributed by atoms with Crippen LogP contribution >= 0.6 is 11.8 Å². The highest BCUT2D eigenvalue weighted by atomic mass is 32.2. The topological polar surface area (TPSA) is 73.1 Å². The van der Waals surface area contributed by atoms with Crippen LogP contribution in [0.4, 0.5) is 0 Å². The van der Waals surface area contributed by atoms with E-state index in [1.165, 1.54) is 24.9 Å². The Hall–Kier alpha value is -1.62. The molecular weight excluding hydrogens is 224 g/mol. The Morgan fingerprint density at radius 1 is 1.50 bits per heavy atom. The zero-order chi connectivity index (χ0) is 12.0. The first kappa shape index (κ1) is 12.4. The highest BCUT2D eigenvalue weighted by Gasteiger charge is 1.99. The molecule has 1 aromatic heterocycles. The quantitative estimate of drug-likeness (QED) is 0.859. The molecule has 1 aromatic rings. The lowest BCUT2D eigenvalue weighted by atomic mass is 10.2. The maximum Gasteiger partial charge on any atom is 0.250 e. The van der Waals surface area contributed by atoms with Gasteiger partial charge in [-0.25, -0.2) is 0 Å². The van der Waals surface area contributed by atoms with Gasteiger partial charge in [-0.1, -0.05) is 23.9 Å². The fraction of sp³-hybridized carbons (Fsp3) is 0.182. The van der Waals surface area contributed by atoms with Gasteiger partial charge in [0.15, 0.2) is 5.12 Å². The van der Waals surface area contributed by atoms with Crippen LogP contribution in [0.2, 0.25) is 0 Å². The molecule has 0 spiro atoms. The number of nitrogens with two attached hydrogens (primary N) is 1. The monoisotopic (exact) mass is 236 g/mol. The summed E-state index contributed by atoms with van der Waals surface area (Å²) in [5.41, 5.74) is 6.29. The third-order valence-corrected chi connectivity index (χ3v) is 2.50. The smallest absolute Gasteiger partial charge is 0.250 e. The molecule has 0 saturated carbocycles. The zero-order valence-electron chi connectivity index (χ0n) is 8.84. The second kappa shape index (κ2) is 6.07. The van der Waals surface area contributed by atoms with Crippen LogP contribution < -0.4 is 5.73 Å². The Morgan fingerprint density at radius 3 is 2.88 bits per heavy atom. The molecule has 0 aliphatic rings. The fourth-order valence-electron chi connectivity index (χ4n) is 1.03. The number of primary amides is 1. The normalized spacial score (nSPS) is 10.6. The van der Waals surface area contributed by atoms with Crippen LogP contribution in [0.5, 0.6) is 0 Å². The number of carbonyl (C=O) groups excluding carboxylic acids is 2. The van der Waals surface area contributed by atoms with Crippen molar-refractivity contribution in [3.05, 3.63) is 35.7 Å². The number of hydrogen-bond acceptors (Lipinski definition) is 4. The summed E-state index contributed by atoms with van der Waals surface area (Å²) in [6.45, 7) is 1.52. The summed E-state index contributed by atoms with van der Waals surface area (Å²) >= 11 is 1.22. The molecule has 0 fully saturated rings. The maximum absolute atomic E-state index is 10.9. The molecular formula is C11H12N2O2S. The lowest BCUT2D eigenvalue weighted by molar-refractivity contribution is -0.109. The first-order valence-electron chi connectivity index (χ1n) is 4.64. The number of thioether (sulfide) groups is 1. The molecule has 1 rings (SSSR count). The fourth-order valence-corrected chi connectivity index (χ4v) is 1.46. The largest absolute Gasteiger partial charge is 0.366 e. The molecule has 1 heterocycles. The van der Waals surface area contributed by atoms with Gasteiger partial charge in [0.05, 0.1) is 5.56 Å². The summed E-state index contributed by atoms with van der Waals surface area (Å²) in [4.78, 5) is 25.4. The van der Waals surface area contributed by atoms with Crippen LogP contribution in [-0.4, -0.2) is 21.8 Å². The second-order valence-corrected chi connectivity index (χ2v) is 4.27. The molecule has 0 unspecified atom stereocenters. The van der Waals surface area contributed by atoms with Gasteiger partial charge in [0.2, 0.25) is 5.91 Å². The number of aromatic nitrogens is 1. The van der Waals surface area contributed by atoms with E-state index in [4.69, 9.17) is 5.73 Å². The van der Waals surface area contributed by atoms with E-state index in [9.17, 15) is 9.59 Å². The van der Waals surface area contributed by atoms with Crippen molar-refractivity contribution < 1.29 is 9.59 Å². The van der Waals surface area contributed by atoms with Crippen LogP contribution in [0, 0.1) is 0 Å². The predicted octanol–water partition coefficient (Wildman–Crippen LogP) is 1.47. The zero-order valence-corrected chi connectivity index (χ0v) is 9.66. The van der Waals surface area contributed by atoms with Crippen LogP contribution in [0.3, 0.4) is 0 Å². The molecule has 0 bridgehead atoms. The van der Waals surface area contributed by atoms with Crippen molar-refractivity contribution in [1.82, 2.24) is 4.98 Å². The van der Waals surface area contributed by atoms with Gasteiger partial charge in [-0.05, 0) is 11.6 Å². The molecule has 0 saturated heterocycles. The highest BCUT2D eigenvalue weighted by Crippen LogP contribution is 2.06. The van der Waals surface area contributed by atoms with E-state index >= 15 is 0 Å². The molecule has 0 aliphatic carbocycles. The predicted molar refractivity (Wildman–Crippen MR) is 64.9 cm³/mol. The molecule has 0 atom stereocenters. The van der Waals surface area contributed by atoms with Gasteiger partial charge < -0.3 is 5.73 Å². The number of rotatable bonds is 4. The van der Waals surface area contributed by atoms with E-state index in [0.29, 0.717) is 11.3 Å². The Kier molecular flexibility index (Phi) is 4.72. The molecule has 4 nitrogen and oxygen atoms in total. The first-order chi connectivity index (χ1) is 7.59. The van der Waals surface area contributed by atoms with Gasteiger partial charge in [-0.3, -0.25) is 14.6 Å². The summed E-state index contributed by atoms with van der Waals surface area (Å²) in [6, 6.07) is 1.66. The van der Waals surface area contributed by atoms with Gasteiger partial charge >= 0.3 is 0 Å². The van der Waals surface area contributed by atoms with Crippen molar-refractivity contribution in [3.63, 3.8) is 0 Å². The average molecular weight is 236 g/mol. The van der Waals surface area contributed by atoms with Crippen LogP contribution in [0.25, 0.3) is 6.08 Å². The van der Waals surface area contributed by atoms with E-state index in [1.807, 2.05) is 6.08 Å². The molecule has 1 amide bonds. The molecule has 5 heteroatoms. The third-order valence-electron chi connectivity index (χ3n) is 1.74. The Morgan fingerprint density at radius 2 is 2.25 bits per heavy atom. The minimum atomic E-state index is -0.499. The second-order valence-electron chi connectivity index (χ2n) is 3.08. The minimum absolute atomic E-state index is 0.0775. The van der Waals surface area contributed by atoms with Crippen LogP contribution in [0.1, 0.15) is 22.8 Å². The molecule has 2 N–H and O–H groups in total. The minimum Gasteiger partial charge on any atom is -0.366 e. The van der Waals surface area contributed by atoms with Gasteiger partial charge in [0.25, 0.3) is 0 Å². The first-order valence-corrected chi connectivity index (χ1v) is 5.63. The van der Waals surface area contributed by atoms with Crippen molar-refractivity contribution in [1.29, 1.82) is 0 Å². The Balaban J connectivity index is 2.63. The summed E-state index contributed by atoms with van der Waals surface area (Å²) in [5.74, 6) is 0.108. The number of pyridine rings is 1. The SMILES string of the molecule is CC(=O)SCC=Cc1cncc(C(N)=O)c1. The van der Waals surface area contributed by atoms with Gasteiger partial charge in [-0.15, -0.1) is 0 Å². The van der Waals surface area contributed by atoms with Crippen LogP contribution in [0.15, 0.2) is 24.5 Å². The van der Waals surface area contributed by atoms with E-state index in [2.05, 4.69) is 4.98 Å². The van der Waals surface area contributed by atoms with Crippen molar-refractivity contribution in [2.24, 2.45) is 5.73 Å². The number of nitrogens with zero attached hydrogens (tertiary/aromatic N) is 1. The molecule has 0 aliphatic heterocycles. The summed E-state index contributed by atoms with van der Waals surface area (Å²) in [7, 11) is 0. The molecule has 0 radical (unpaired) electrons. The average Bonchev–Trinajstić information content (AvgIpc) is 2.24. The van der Waals surface area contributed by atoms with Crippen molar-refractivity contribution in [2.45, 2.75) is 6.92 Å². The van der Waals surface area contributed by atoms with E-state index in [-0.39, 0.29) is 5.12 Å². The van der Waals surface area contributed by atoms with E-state index < -0.39 is 5.91 Å². The lowest BCUT2D eigenvalue weighted by Gasteiger charge is -1.96. The number of hydrogen-bond donors (Lipinski definition) is 1. The highest BCUT2D eigenvalue weighted by molar-refractivity contribution is 8.13.